The lowest BCUT2D eigenvalue weighted by molar-refractivity contribution is -0.114. The Bertz CT molecular complexity index is 632. The monoisotopic (exact) mass is 276 g/mol. The lowest BCUT2D eigenvalue weighted by Crippen LogP contribution is -2.05. The van der Waals surface area contributed by atoms with Gasteiger partial charge in [-0.15, -0.1) is 11.3 Å². The molecule has 0 aliphatic heterocycles. The number of hydrogen-bond acceptors (Lipinski definition) is 4. The first-order valence-corrected chi connectivity index (χ1v) is 6.38. The Morgan fingerprint density at radius 2 is 1.89 bits per heavy atom. The first kappa shape index (κ1) is 13.2. The van der Waals surface area contributed by atoms with Crippen LogP contribution < -0.4 is 5.32 Å². The van der Waals surface area contributed by atoms with Gasteiger partial charge < -0.3 is 10.4 Å². The summed E-state index contributed by atoms with van der Waals surface area (Å²) in [6.45, 7) is 3.12. The molecule has 1 amide bonds. The maximum Gasteiger partial charge on any atom is 0.347 e. The fourth-order valence-corrected chi connectivity index (χ4v) is 2.53. The zero-order chi connectivity index (χ0) is 14.0. The van der Waals surface area contributed by atoms with Gasteiger partial charge in [-0.05, 0) is 31.2 Å². The molecule has 0 bridgehead atoms. The van der Waals surface area contributed by atoms with Gasteiger partial charge in [0, 0.05) is 18.2 Å². The van der Waals surface area contributed by atoms with Crippen LogP contribution >= 0.6 is 11.3 Å². The van der Waals surface area contributed by atoms with Crippen LogP contribution in [-0.2, 0) is 4.79 Å². The molecule has 0 saturated carbocycles. The summed E-state index contributed by atoms with van der Waals surface area (Å²) in [5.74, 6) is -1.10. The van der Waals surface area contributed by atoms with Crippen LogP contribution in [-0.4, -0.2) is 22.0 Å². The number of hydrogen-bond donors (Lipinski definition) is 2. The molecule has 2 N–H and O–H groups in total. The molecule has 98 valence electrons. The van der Waals surface area contributed by atoms with Crippen LogP contribution in [0.15, 0.2) is 24.3 Å². The molecule has 0 spiro atoms. The number of aromatic carboxylic acids is 1. The summed E-state index contributed by atoms with van der Waals surface area (Å²) in [5, 5.41) is 12.3. The van der Waals surface area contributed by atoms with E-state index in [0.29, 0.717) is 16.4 Å². The average molecular weight is 276 g/mol. The highest BCUT2D eigenvalue weighted by Crippen LogP contribution is 2.28. The molecule has 0 radical (unpaired) electrons. The number of carboxylic acid groups (broad SMARTS) is 1. The highest BCUT2D eigenvalue weighted by molar-refractivity contribution is 7.17. The molecule has 0 fully saturated rings. The number of amides is 1. The second-order valence-corrected chi connectivity index (χ2v) is 5.00. The van der Waals surface area contributed by atoms with Crippen molar-refractivity contribution in [1.82, 2.24) is 4.98 Å². The van der Waals surface area contributed by atoms with Crippen molar-refractivity contribution < 1.29 is 14.7 Å². The number of nitrogens with zero attached hydrogens (tertiary/aromatic N) is 1. The van der Waals surface area contributed by atoms with Gasteiger partial charge in [0.15, 0.2) is 0 Å². The quantitative estimate of drug-likeness (QED) is 0.903. The molecule has 1 aromatic heterocycles. The Morgan fingerprint density at radius 3 is 2.37 bits per heavy atom. The maximum absolute atomic E-state index is 11.0. The zero-order valence-electron chi connectivity index (χ0n) is 10.4. The molecule has 1 aromatic carbocycles. The van der Waals surface area contributed by atoms with Crippen LogP contribution in [0.5, 0.6) is 0 Å². The van der Waals surface area contributed by atoms with Gasteiger partial charge >= 0.3 is 5.97 Å². The number of anilines is 1. The van der Waals surface area contributed by atoms with Gasteiger partial charge in [-0.25, -0.2) is 9.78 Å². The predicted octanol–water partition coefficient (Wildman–Crippen LogP) is 2.78. The molecule has 6 heteroatoms. The molecule has 0 unspecified atom stereocenters. The number of nitrogens with one attached hydrogen (secondary N) is 1. The van der Waals surface area contributed by atoms with E-state index in [9.17, 15) is 9.59 Å². The molecule has 0 saturated heterocycles. The van der Waals surface area contributed by atoms with Gasteiger partial charge in [0.1, 0.15) is 9.88 Å². The number of carboxylic acids is 1. The fourth-order valence-electron chi connectivity index (χ4n) is 1.62. The third-order valence-electron chi connectivity index (χ3n) is 2.44. The highest BCUT2D eigenvalue weighted by Gasteiger charge is 2.14. The van der Waals surface area contributed by atoms with E-state index in [1.807, 2.05) is 0 Å². The molecular weight excluding hydrogens is 264 g/mol. The molecular formula is C13H12N2O3S. The lowest BCUT2D eigenvalue weighted by atomic mass is 10.2. The average Bonchev–Trinajstić information content (AvgIpc) is 2.71. The van der Waals surface area contributed by atoms with Crippen LogP contribution in [0, 0.1) is 6.92 Å². The minimum atomic E-state index is -0.962. The minimum absolute atomic E-state index is 0.133. The number of carbonyl (C=O) groups is 2. The standard InChI is InChI=1S/C13H12N2O3S/c1-7-11(13(17)18)19-12(14-7)9-3-5-10(6-4-9)15-8(2)16/h3-6H,1-2H3,(H,15,16)(H,17,18). The Hall–Kier alpha value is -2.21. The zero-order valence-corrected chi connectivity index (χ0v) is 11.2. The summed E-state index contributed by atoms with van der Waals surface area (Å²) in [6, 6.07) is 7.12. The molecule has 0 aliphatic carbocycles. The van der Waals surface area contributed by atoms with E-state index in [1.165, 1.54) is 6.92 Å². The first-order valence-electron chi connectivity index (χ1n) is 5.56. The minimum Gasteiger partial charge on any atom is -0.477 e. The molecule has 0 atom stereocenters. The Morgan fingerprint density at radius 1 is 1.26 bits per heavy atom. The van der Waals surface area contributed by atoms with Crippen molar-refractivity contribution in [2.45, 2.75) is 13.8 Å². The molecule has 19 heavy (non-hydrogen) atoms. The Labute approximate surface area is 113 Å². The van der Waals surface area contributed by atoms with Crippen LogP contribution in [0.4, 0.5) is 5.69 Å². The number of aromatic nitrogens is 1. The second kappa shape index (κ2) is 5.19. The van der Waals surface area contributed by atoms with E-state index < -0.39 is 5.97 Å². The largest absolute Gasteiger partial charge is 0.477 e. The van der Waals surface area contributed by atoms with Crippen molar-refractivity contribution in [3.8, 4) is 10.6 Å². The predicted molar refractivity (Wildman–Crippen MR) is 73.6 cm³/mol. The summed E-state index contributed by atoms with van der Waals surface area (Å²) in [6.07, 6.45) is 0. The van der Waals surface area contributed by atoms with Crippen LogP contribution in [0.25, 0.3) is 10.6 Å². The maximum atomic E-state index is 11.0. The van der Waals surface area contributed by atoms with Crippen molar-refractivity contribution >= 4 is 28.9 Å². The number of rotatable bonds is 3. The normalized spacial score (nSPS) is 10.2. The highest BCUT2D eigenvalue weighted by atomic mass is 32.1. The number of aryl methyl sites for hydroxylation is 1. The van der Waals surface area contributed by atoms with E-state index in [0.717, 1.165) is 16.9 Å². The Kier molecular flexibility index (Phi) is 3.62. The topological polar surface area (TPSA) is 79.3 Å². The SMILES string of the molecule is CC(=O)Nc1ccc(-c2nc(C)c(C(=O)O)s2)cc1. The number of benzene rings is 1. The van der Waals surface area contributed by atoms with Crippen molar-refractivity contribution in [3.63, 3.8) is 0 Å². The van der Waals surface area contributed by atoms with Crippen molar-refractivity contribution in [3.05, 3.63) is 34.8 Å². The van der Waals surface area contributed by atoms with Gasteiger partial charge in [-0.2, -0.15) is 0 Å². The van der Waals surface area contributed by atoms with Gasteiger partial charge in [0.05, 0.1) is 5.69 Å². The van der Waals surface area contributed by atoms with Crippen LogP contribution in [0.3, 0.4) is 0 Å². The van der Waals surface area contributed by atoms with Gasteiger partial charge in [0.25, 0.3) is 0 Å². The summed E-state index contributed by atoms with van der Waals surface area (Å²) in [4.78, 5) is 26.4. The number of thiazole rings is 1. The smallest absolute Gasteiger partial charge is 0.347 e. The van der Waals surface area contributed by atoms with Crippen LogP contribution in [0.1, 0.15) is 22.3 Å². The third kappa shape index (κ3) is 2.97. The van der Waals surface area contributed by atoms with Gasteiger partial charge in [-0.1, -0.05) is 0 Å². The molecule has 5 nitrogen and oxygen atoms in total. The van der Waals surface area contributed by atoms with Crippen molar-refractivity contribution in [2.24, 2.45) is 0 Å². The number of carbonyl (C=O) groups excluding carboxylic acids is 1. The van der Waals surface area contributed by atoms with Gasteiger partial charge in [0.2, 0.25) is 5.91 Å². The third-order valence-corrected chi connectivity index (χ3v) is 3.64. The summed E-state index contributed by atoms with van der Waals surface area (Å²) in [5.41, 5.74) is 2.04. The molecule has 0 aliphatic rings. The summed E-state index contributed by atoms with van der Waals surface area (Å²) in [7, 11) is 0. The van der Waals surface area contributed by atoms with E-state index in [-0.39, 0.29) is 10.8 Å². The second-order valence-electron chi connectivity index (χ2n) is 4.00. The summed E-state index contributed by atoms with van der Waals surface area (Å²) < 4.78 is 0. The van der Waals surface area contributed by atoms with Crippen LogP contribution in [0.2, 0.25) is 0 Å². The fraction of sp³-hybridized carbons (Fsp3) is 0.154. The van der Waals surface area contributed by atoms with Crippen molar-refractivity contribution in [1.29, 1.82) is 0 Å². The van der Waals surface area contributed by atoms with E-state index in [2.05, 4.69) is 10.3 Å². The van der Waals surface area contributed by atoms with Gasteiger partial charge in [-0.3, -0.25) is 4.79 Å². The summed E-state index contributed by atoms with van der Waals surface area (Å²) >= 11 is 1.14. The Balaban J connectivity index is 2.29. The lowest BCUT2D eigenvalue weighted by Gasteiger charge is -2.02. The van der Waals surface area contributed by atoms with E-state index >= 15 is 0 Å². The molecule has 2 rings (SSSR count). The van der Waals surface area contributed by atoms with E-state index in [1.54, 1.807) is 31.2 Å². The molecule has 2 aromatic rings. The van der Waals surface area contributed by atoms with Crippen molar-refractivity contribution in [2.75, 3.05) is 5.32 Å². The van der Waals surface area contributed by atoms with E-state index in [4.69, 9.17) is 5.11 Å². The first-order chi connectivity index (χ1) is 8.97. The molecule has 1 heterocycles.